The van der Waals surface area contributed by atoms with Gasteiger partial charge in [-0.25, -0.2) is 4.98 Å². The molecule has 0 bridgehead atoms. The first-order valence-corrected chi connectivity index (χ1v) is 8.60. The summed E-state index contributed by atoms with van der Waals surface area (Å²) in [5.74, 6) is 0. The lowest BCUT2D eigenvalue weighted by Crippen LogP contribution is -1.91. The number of aromatic nitrogens is 1. The number of rotatable bonds is 2. The van der Waals surface area contributed by atoms with Gasteiger partial charge in [-0.1, -0.05) is 33.3 Å². The molecule has 0 aliphatic heterocycles. The van der Waals surface area contributed by atoms with E-state index < -0.39 is 0 Å². The van der Waals surface area contributed by atoms with Gasteiger partial charge in [-0.3, -0.25) is 0 Å². The Bertz CT molecular complexity index is 734. The van der Waals surface area contributed by atoms with Crippen LogP contribution in [0.15, 0.2) is 49.8 Å². The summed E-state index contributed by atoms with van der Waals surface area (Å²) in [5.41, 5.74) is 1.98. The van der Waals surface area contributed by atoms with Gasteiger partial charge in [0.05, 0.1) is 15.9 Å². The van der Waals surface area contributed by atoms with Gasteiger partial charge in [0, 0.05) is 13.4 Å². The molecule has 1 heterocycles. The second-order valence-corrected chi connectivity index (χ2v) is 7.51. The summed E-state index contributed by atoms with van der Waals surface area (Å²) < 4.78 is 4.21. The number of halogens is 3. The van der Waals surface area contributed by atoms with Gasteiger partial charge in [0.25, 0.3) is 0 Å². The van der Waals surface area contributed by atoms with Crippen molar-refractivity contribution in [1.82, 2.24) is 4.98 Å². The monoisotopic (exact) mass is 460 g/mol. The molecule has 1 N–H and O–H groups in total. The standard InChI is InChI=1S/C13H7Br3N2S/c14-7-4-5-11-10(6-7)17-13(19-11)18-12-8(15)2-1-3-9(12)16/h1-6H,(H,17,18). The molecule has 1 aromatic heterocycles. The summed E-state index contributed by atoms with van der Waals surface area (Å²) in [6, 6.07) is 12.1. The molecule has 19 heavy (non-hydrogen) atoms. The number of para-hydroxylation sites is 1. The summed E-state index contributed by atoms with van der Waals surface area (Å²) >= 11 is 12.2. The van der Waals surface area contributed by atoms with Gasteiger partial charge in [0.15, 0.2) is 5.13 Å². The predicted octanol–water partition coefficient (Wildman–Crippen LogP) is 6.33. The fraction of sp³-hybridized carbons (Fsp3) is 0. The van der Waals surface area contributed by atoms with Gasteiger partial charge in [-0.15, -0.1) is 0 Å². The zero-order valence-electron chi connectivity index (χ0n) is 9.45. The van der Waals surface area contributed by atoms with Crippen molar-refractivity contribution in [2.45, 2.75) is 0 Å². The molecular weight excluding hydrogens is 456 g/mol. The summed E-state index contributed by atoms with van der Waals surface area (Å²) in [4.78, 5) is 4.59. The van der Waals surface area contributed by atoms with Crippen molar-refractivity contribution >= 4 is 80.2 Å². The van der Waals surface area contributed by atoms with Crippen molar-refractivity contribution < 1.29 is 0 Å². The average Bonchev–Trinajstić information content (AvgIpc) is 2.75. The largest absolute Gasteiger partial charge is 0.330 e. The number of nitrogens with zero attached hydrogens (tertiary/aromatic N) is 1. The zero-order chi connectivity index (χ0) is 13.4. The molecule has 96 valence electrons. The van der Waals surface area contributed by atoms with Crippen molar-refractivity contribution in [2.24, 2.45) is 0 Å². The van der Waals surface area contributed by atoms with Crippen LogP contribution < -0.4 is 5.32 Å². The molecule has 0 amide bonds. The van der Waals surface area contributed by atoms with Crippen LogP contribution in [0.5, 0.6) is 0 Å². The molecular formula is C13H7Br3N2S. The molecule has 6 heteroatoms. The molecule has 0 saturated carbocycles. The topological polar surface area (TPSA) is 24.9 Å². The lowest BCUT2D eigenvalue weighted by molar-refractivity contribution is 1.42. The Morgan fingerprint density at radius 1 is 1.00 bits per heavy atom. The minimum absolute atomic E-state index is 0.876. The van der Waals surface area contributed by atoms with Gasteiger partial charge in [0.2, 0.25) is 0 Å². The number of thiazole rings is 1. The fourth-order valence-corrected chi connectivity index (χ4v) is 4.07. The van der Waals surface area contributed by atoms with E-state index in [4.69, 9.17) is 0 Å². The molecule has 2 nitrogen and oxygen atoms in total. The molecule has 0 radical (unpaired) electrons. The maximum absolute atomic E-state index is 4.59. The van der Waals surface area contributed by atoms with Crippen molar-refractivity contribution in [1.29, 1.82) is 0 Å². The van der Waals surface area contributed by atoms with Crippen LogP contribution in [0.2, 0.25) is 0 Å². The van der Waals surface area contributed by atoms with Crippen molar-refractivity contribution in [3.05, 3.63) is 49.8 Å². The van der Waals surface area contributed by atoms with E-state index in [0.29, 0.717) is 0 Å². The maximum Gasteiger partial charge on any atom is 0.188 e. The summed E-state index contributed by atoms with van der Waals surface area (Å²) in [5, 5.41) is 4.22. The second kappa shape index (κ2) is 5.52. The quantitative estimate of drug-likeness (QED) is 0.481. The Kier molecular flexibility index (Phi) is 3.93. The molecule has 0 saturated heterocycles. The highest BCUT2D eigenvalue weighted by atomic mass is 79.9. The summed E-state index contributed by atoms with van der Waals surface area (Å²) in [7, 11) is 0. The van der Waals surface area contributed by atoms with E-state index in [1.165, 1.54) is 0 Å². The molecule has 0 spiro atoms. The SMILES string of the molecule is Brc1ccc2sc(Nc3c(Br)cccc3Br)nc2c1. The molecule has 2 aromatic carbocycles. The number of fused-ring (bicyclic) bond motifs is 1. The predicted molar refractivity (Wildman–Crippen MR) is 92.4 cm³/mol. The fourth-order valence-electron chi connectivity index (χ4n) is 1.68. The number of benzene rings is 2. The van der Waals surface area contributed by atoms with Crippen molar-refractivity contribution in [3.63, 3.8) is 0 Å². The molecule has 0 atom stereocenters. The van der Waals surface area contributed by atoms with E-state index in [1.54, 1.807) is 11.3 Å². The van der Waals surface area contributed by atoms with Gasteiger partial charge in [-0.2, -0.15) is 0 Å². The third-order valence-corrected chi connectivity index (χ3v) is 5.31. The van der Waals surface area contributed by atoms with E-state index >= 15 is 0 Å². The van der Waals surface area contributed by atoms with Crippen LogP contribution in [0.25, 0.3) is 10.2 Å². The van der Waals surface area contributed by atoms with E-state index in [1.807, 2.05) is 30.3 Å². The van der Waals surface area contributed by atoms with Crippen LogP contribution in [0.1, 0.15) is 0 Å². The van der Waals surface area contributed by atoms with Crippen LogP contribution in [0.3, 0.4) is 0 Å². The van der Waals surface area contributed by atoms with Crippen LogP contribution in [-0.2, 0) is 0 Å². The first kappa shape index (κ1) is 13.5. The van der Waals surface area contributed by atoms with Crippen LogP contribution in [0, 0.1) is 0 Å². The van der Waals surface area contributed by atoms with Crippen LogP contribution in [0.4, 0.5) is 10.8 Å². The van der Waals surface area contributed by atoms with Crippen LogP contribution in [-0.4, -0.2) is 4.98 Å². The Morgan fingerprint density at radius 2 is 1.74 bits per heavy atom. The van der Waals surface area contributed by atoms with E-state index in [2.05, 4.69) is 64.2 Å². The second-order valence-electron chi connectivity index (χ2n) is 3.85. The Hall–Kier alpha value is -0.430. The van der Waals surface area contributed by atoms with E-state index in [9.17, 15) is 0 Å². The number of nitrogens with one attached hydrogen (secondary N) is 1. The van der Waals surface area contributed by atoms with Gasteiger partial charge < -0.3 is 5.32 Å². The summed E-state index contributed by atoms with van der Waals surface area (Å²) in [6.07, 6.45) is 0. The zero-order valence-corrected chi connectivity index (χ0v) is 15.0. The molecule has 0 aliphatic rings. The minimum Gasteiger partial charge on any atom is -0.330 e. The molecule has 0 unspecified atom stereocenters. The van der Waals surface area contributed by atoms with Crippen molar-refractivity contribution in [3.8, 4) is 0 Å². The summed E-state index contributed by atoms with van der Waals surface area (Å²) in [6.45, 7) is 0. The van der Waals surface area contributed by atoms with Gasteiger partial charge in [-0.05, 0) is 62.2 Å². The molecule has 0 aliphatic carbocycles. The first-order chi connectivity index (χ1) is 9.13. The average molecular weight is 463 g/mol. The maximum atomic E-state index is 4.59. The van der Waals surface area contributed by atoms with Crippen LogP contribution >= 0.6 is 59.1 Å². The smallest absolute Gasteiger partial charge is 0.188 e. The third kappa shape index (κ3) is 2.86. The molecule has 0 fully saturated rings. The Labute approximate surface area is 139 Å². The molecule has 3 rings (SSSR count). The number of hydrogen-bond donors (Lipinski definition) is 1. The Morgan fingerprint density at radius 3 is 2.47 bits per heavy atom. The minimum atomic E-state index is 0.876. The molecule has 3 aromatic rings. The van der Waals surface area contributed by atoms with E-state index in [-0.39, 0.29) is 0 Å². The highest BCUT2D eigenvalue weighted by molar-refractivity contribution is 9.11. The van der Waals surface area contributed by atoms with E-state index in [0.717, 1.165) is 34.5 Å². The highest BCUT2D eigenvalue weighted by Crippen LogP contribution is 2.36. The Balaban J connectivity index is 2.01. The number of anilines is 2. The first-order valence-electron chi connectivity index (χ1n) is 5.40. The number of hydrogen-bond acceptors (Lipinski definition) is 3. The lowest BCUT2D eigenvalue weighted by atomic mass is 10.3. The van der Waals surface area contributed by atoms with Crippen molar-refractivity contribution in [2.75, 3.05) is 5.32 Å². The normalized spacial score (nSPS) is 10.9. The third-order valence-electron chi connectivity index (χ3n) is 2.54. The lowest BCUT2D eigenvalue weighted by Gasteiger charge is -2.07. The highest BCUT2D eigenvalue weighted by Gasteiger charge is 2.09. The van der Waals surface area contributed by atoms with Gasteiger partial charge in [0.1, 0.15) is 0 Å². The van der Waals surface area contributed by atoms with Gasteiger partial charge >= 0.3 is 0 Å².